The van der Waals surface area contributed by atoms with Crippen molar-refractivity contribution in [1.82, 2.24) is 4.90 Å². The summed E-state index contributed by atoms with van der Waals surface area (Å²) in [7, 11) is 0. The van der Waals surface area contributed by atoms with E-state index in [9.17, 15) is 15.0 Å². The van der Waals surface area contributed by atoms with Crippen molar-refractivity contribution in [2.75, 3.05) is 13.1 Å². The molecule has 1 saturated heterocycles. The molecule has 0 spiro atoms. The van der Waals surface area contributed by atoms with Crippen molar-refractivity contribution < 1.29 is 20.1 Å². The van der Waals surface area contributed by atoms with Crippen LogP contribution in [0.15, 0.2) is 18.2 Å². The Balaban J connectivity index is 2.00. The predicted molar refractivity (Wildman–Crippen MR) is 65.4 cm³/mol. The third-order valence-electron chi connectivity index (χ3n) is 3.30. The van der Waals surface area contributed by atoms with Crippen LogP contribution in [0.5, 0.6) is 11.5 Å². The summed E-state index contributed by atoms with van der Waals surface area (Å²) in [6.07, 6.45) is 1.60. The first kappa shape index (κ1) is 12.7. The molecule has 0 saturated carbocycles. The Hall–Kier alpha value is -1.75. The van der Waals surface area contributed by atoms with Crippen LogP contribution >= 0.6 is 0 Å². The second-order valence-corrected chi connectivity index (χ2v) is 4.74. The Labute approximate surface area is 105 Å². The molecule has 2 rings (SSSR count). The van der Waals surface area contributed by atoms with Gasteiger partial charge >= 0.3 is 5.97 Å². The first-order valence-corrected chi connectivity index (χ1v) is 6.02. The zero-order chi connectivity index (χ0) is 13.1. The summed E-state index contributed by atoms with van der Waals surface area (Å²) < 4.78 is 0. The Morgan fingerprint density at radius 3 is 2.78 bits per heavy atom. The van der Waals surface area contributed by atoms with Gasteiger partial charge in [-0.25, -0.2) is 0 Å². The largest absolute Gasteiger partial charge is 0.504 e. The van der Waals surface area contributed by atoms with Gasteiger partial charge < -0.3 is 15.3 Å². The van der Waals surface area contributed by atoms with Gasteiger partial charge in [-0.15, -0.1) is 0 Å². The Morgan fingerprint density at radius 1 is 1.33 bits per heavy atom. The second kappa shape index (κ2) is 5.27. The van der Waals surface area contributed by atoms with E-state index in [1.165, 1.54) is 12.1 Å². The van der Waals surface area contributed by atoms with E-state index in [1.807, 2.05) is 0 Å². The normalized spacial score (nSPS) is 20.8. The number of phenolic OH excluding ortho intramolecular Hbond substituents is 2. The molecule has 1 aliphatic heterocycles. The van der Waals surface area contributed by atoms with Crippen LogP contribution in [-0.2, 0) is 11.3 Å². The van der Waals surface area contributed by atoms with Crippen molar-refractivity contribution in [2.45, 2.75) is 19.4 Å². The molecule has 1 heterocycles. The van der Waals surface area contributed by atoms with Gasteiger partial charge in [0.15, 0.2) is 11.5 Å². The second-order valence-electron chi connectivity index (χ2n) is 4.74. The van der Waals surface area contributed by atoms with Crippen molar-refractivity contribution in [3.63, 3.8) is 0 Å². The third-order valence-corrected chi connectivity index (χ3v) is 3.30. The number of aromatic hydroxyl groups is 2. The number of aliphatic carboxylic acids is 1. The molecule has 0 aliphatic carbocycles. The molecule has 1 aliphatic rings. The predicted octanol–water partition coefficient (Wildman–Crippen LogP) is 1.39. The SMILES string of the molecule is O=C(O)C1CCCN(Cc2ccc(O)c(O)c2)C1. The lowest BCUT2D eigenvalue weighted by Gasteiger charge is -2.30. The van der Waals surface area contributed by atoms with Gasteiger partial charge in [-0.2, -0.15) is 0 Å². The molecule has 0 amide bonds. The van der Waals surface area contributed by atoms with Crippen LogP contribution in [0.25, 0.3) is 0 Å². The number of likely N-dealkylation sites (tertiary alicyclic amines) is 1. The summed E-state index contributed by atoms with van der Waals surface area (Å²) in [5.41, 5.74) is 0.872. The summed E-state index contributed by atoms with van der Waals surface area (Å²) in [6, 6.07) is 4.70. The number of rotatable bonds is 3. The van der Waals surface area contributed by atoms with E-state index in [-0.39, 0.29) is 17.4 Å². The van der Waals surface area contributed by atoms with Gasteiger partial charge in [0.1, 0.15) is 0 Å². The van der Waals surface area contributed by atoms with Gasteiger partial charge in [-0.05, 0) is 37.1 Å². The number of nitrogens with zero attached hydrogens (tertiary/aromatic N) is 1. The van der Waals surface area contributed by atoms with Crippen molar-refractivity contribution in [2.24, 2.45) is 5.92 Å². The van der Waals surface area contributed by atoms with Crippen molar-refractivity contribution in [3.8, 4) is 11.5 Å². The number of phenols is 2. The van der Waals surface area contributed by atoms with Crippen LogP contribution in [-0.4, -0.2) is 39.3 Å². The highest BCUT2D eigenvalue weighted by molar-refractivity contribution is 5.70. The minimum atomic E-state index is -0.742. The van der Waals surface area contributed by atoms with E-state index in [0.29, 0.717) is 13.1 Å². The number of hydrogen-bond donors (Lipinski definition) is 3. The molecule has 1 aromatic rings. The molecule has 98 valence electrons. The van der Waals surface area contributed by atoms with Gasteiger partial charge in [0.05, 0.1) is 5.92 Å². The molecule has 0 bridgehead atoms. The minimum absolute atomic E-state index is 0.138. The highest BCUT2D eigenvalue weighted by atomic mass is 16.4. The molecule has 1 atom stereocenters. The van der Waals surface area contributed by atoms with Crippen molar-refractivity contribution in [3.05, 3.63) is 23.8 Å². The number of benzene rings is 1. The fourth-order valence-electron chi connectivity index (χ4n) is 2.33. The molecule has 1 unspecified atom stereocenters. The number of carbonyl (C=O) groups is 1. The zero-order valence-corrected chi connectivity index (χ0v) is 10.0. The molecular weight excluding hydrogens is 234 g/mol. The van der Waals surface area contributed by atoms with E-state index in [2.05, 4.69) is 4.90 Å². The highest BCUT2D eigenvalue weighted by Crippen LogP contribution is 2.26. The van der Waals surface area contributed by atoms with E-state index in [4.69, 9.17) is 5.11 Å². The van der Waals surface area contributed by atoms with Crippen LogP contribution < -0.4 is 0 Å². The molecule has 0 radical (unpaired) electrons. The van der Waals surface area contributed by atoms with E-state index in [0.717, 1.165) is 24.9 Å². The first-order valence-electron chi connectivity index (χ1n) is 6.02. The maximum atomic E-state index is 11.0. The van der Waals surface area contributed by atoms with Gasteiger partial charge in [-0.3, -0.25) is 9.69 Å². The number of carboxylic acid groups (broad SMARTS) is 1. The minimum Gasteiger partial charge on any atom is -0.504 e. The Kier molecular flexibility index (Phi) is 3.72. The summed E-state index contributed by atoms with van der Waals surface area (Å²) in [6.45, 7) is 2.00. The quantitative estimate of drug-likeness (QED) is 0.707. The topological polar surface area (TPSA) is 81.0 Å². The van der Waals surface area contributed by atoms with E-state index < -0.39 is 5.97 Å². The maximum Gasteiger partial charge on any atom is 0.307 e. The zero-order valence-electron chi connectivity index (χ0n) is 10.0. The monoisotopic (exact) mass is 251 g/mol. The van der Waals surface area contributed by atoms with Crippen LogP contribution in [0.1, 0.15) is 18.4 Å². The molecular formula is C13H17NO4. The smallest absolute Gasteiger partial charge is 0.307 e. The molecule has 1 fully saturated rings. The summed E-state index contributed by atoms with van der Waals surface area (Å²) in [5, 5.41) is 27.6. The maximum absolute atomic E-state index is 11.0. The third kappa shape index (κ3) is 2.92. The molecule has 3 N–H and O–H groups in total. The van der Waals surface area contributed by atoms with Crippen LogP contribution in [0.4, 0.5) is 0 Å². The summed E-state index contributed by atoms with van der Waals surface area (Å²) >= 11 is 0. The fraction of sp³-hybridized carbons (Fsp3) is 0.462. The Morgan fingerprint density at radius 2 is 2.11 bits per heavy atom. The Bertz CT molecular complexity index is 447. The van der Waals surface area contributed by atoms with Crippen molar-refractivity contribution >= 4 is 5.97 Å². The summed E-state index contributed by atoms with van der Waals surface area (Å²) in [4.78, 5) is 13.0. The van der Waals surface area contributed by atoms with Gasteiger partial charge in [0.25, 0.3) is 0 Å². The lowest BCUT2D eigenvalue weighted by molar-refractivity contribution is -0.143. The lowest BCUT2D eigenvalue weighted by atomic mass is 9.98. The van der Waals surface area contributed by atoms with Crippen LogP contribution in [0.2, 0.25) is 0 Å². The van der Waals surface area contributed by atoms with Gasteiger partial charge in [0.2, 0.25) is 0 Å². The molecule has 5 heteroatoms. The molecule has 5 nitrogen and oxygen atoms in total. The summed E-state index contributed by atoms with van der Waals surface area (Å²) in [5.74, 6) is -1.32. The van der Waals surface area contributed by atoms with E-state index >= 15 is 0 Å². The standard InChI is InChI=1S/C13H17NO4/c15-11-4-3-9(6-12(11)16)7-14-5-1-2-10(8-14)13(17)18/h3-4,6,10,15-16H,1-2,5,7-8H2,(H,17,18). The number of hydrogen-bond acceptors (Lipinski definition) is 4. The van der Waals surface area contributed by atoms with Gasteiger partial charge in [0, 0.05) is 13.1 Å². The first-order chi connectivity index (χ1) is 8.56. The molecule has 18 heavy (non-hydrogen) atoms. The van der Waals surface area contributed by atoms with Crippen LogP contribution in [0.3, 0.4) is 0 Å². The number of carboxylic acids is 1. The van der Waals surface area contributed by atoms with Crippen molar-refractivity contribution in [1.29, 1.82) is 0 Å². The average molecular weight is 251 g/mol. The average Bonchev–Trinajstić information content (AvgIpc) is 2.34. The van der Waals surface area contributed by atoms with E-state index in [1.54, 1.807) is 6.07 Å². The number of piperidine rings is 1. The fourth-order valence-corrected chi connectivity index (χ4v) is 2.33. The molecule has 1 aromatic carbocycles. The van der Waals surface area contributed by atoms with Crippen LogP contribution in [0, 0.1) is 5.92 Å². The van der Waals surface area contributed by atoms with Gasteiger partial charge in [-0.1, -0.05) is 6.07 Å². The molecule has 0 aromatic heterocycles. The lowest BCUT2D eigenvalue weighted by Crippen LogP contribution is -2.38. The highest BCUT2D eigenvalue weighted by Gasteiger charge is 2.25.